The molecule has 2 aromatic rings. The van der Waals surface area contributed by atoms with Gasteiger partial charge in [0, 0.05) is 24.2 Å². The van der Waals surface area contributed by atoms with Gasteiger partial charge in [-0.3, -0.25) is 4.90 Å². The van der Waals surface area contributed by atoms with Crippen molar-refractivity contribution in [3.05, 3.63) is 53.1 Å². The van der Waals surface area contributed by atoms with Crippen LogP contribution >= 0.6 is 0 Å². The molecule has 0 saturated heterocycles. The Morgan fingerprint density at radius 3 is 2.64 bits per heavy atom. The van der Waals surface area contributed by atoms with Gasteiger partial charge < -0.3 is 4.74 Å². The standard InChI is InChI=1S/C20H23NO/c1-13(2)21-11-10-14-6-4-8-16-19(14)17(21)12-15-7-5-9-18(22-3)20(15)16/h4-9,13,17H,10-12H2,1-3H3/t17-/m1/s1. The normalized spacial score (nSPS) is 19.7. The second-order valence-electron chi connectivity index (χ2n) is 6.67. The van der Waals surface area contributed by atoms with Gasteiger partial charge >= 0.3 is 0 Å². The van der Waals surface area contributed by atoms with Crippen LogP contribution in [0.3, 0.4) is 0 Å². The summed E-state index contributed by atoms with van der Waals surface area (Å²) in [6.07, 6.45) is 2.25. The van der Waals surface area contributed by atoms with Gasteiger partial charge in [-0.1, -0.05) is 30.3 Å². The van der Waals surface area contributed by atoms with E-state index in [0.29, 0.717) is 12.1 Å². The average Bonchev–Trinajstić information content (AvgIpc) is 2.54. The molecule has 0 unspecified atom stereocenters. The molecular formula is C20H23NO. The SMILES string of the molecule is COc1cccc2c1-c1cccc3c1[C@@H](C2)N(C(C)C)CC3. The zero-order valence-electron chi connectivity index (χ0n) is 13.6. The lowest BCUT2D eigenvalue weighted by Gasteiger charge is -2.43. The predicted molar refractivity (Wildman–Crippen MR) is 90.4 cm³/mol. The Balaban J connectivity index is 1.97. The number of hydrogen-bond donors (Lipinski definition) is 0. The monoisotopic (exact) mass is 293 g/mol. The van der Waals surface area contributed by atoms with Crippen molar-refractivity contribution in [2.75, 3.05) is 13.7 Å². The lowest BCUT2D eigenvalue weighted by atomic mass is 9.76. The first-order valence-electron chi connectivity index (χ1n) is 8.24. The van der Waals surface area contributed by atoms with Crippen LogP contribution < -0.4 is 4.74 Å². The first kappa shape index (κ1) is 13.8. The zero-order chi connectivity index (χ0) is 15.3. The third-order valence-electron chi connectivity index (χ3n) is 5.25. The number of rotatable bonds is 2. The molecule has 1 heterocycles. The summed E-state index contributed by atoms with van der Waals surface area (Å²) in [5.74, 6) is 1.01. The Morgan fingerprint density at radius 1 is 1.09 bits per heavy atom. The summed E-state index contributed by atoms with van der Waals surface area (Å²) < 4.78 is 5.66. The minimum absolute atomic E-state index is 0.513. The van der Waals surface area contributed by atoms with E-state index < -0.39 is 0 Å². The summed E-state index contributed by atoms with van der Waals surface area (Å²) >= 11 is 0. The van der Waals surface area contributed by atoms with Crippen molar-refractivity contribution in [2.24, 2.45) is 0 Å². The summed E-state index contributed by atoms with van der Waals surface area (Å²) in [4.78, 5) is 2.66. The number of methoxy groups -OCH3 is 1. The number of ether oxygens (including phenoxy) is 1. The molecule has 0 radical (unpaired) electrons. The molecule has 2 aromatic carbocycles. The van der Waals surface area contributed by atoms with Crippen molar-refractivity contribution in [1.29, 1.82) is 0 Å². The Kier molecular flexibility index (Phi) is 3.23. The molecule has 4 rings (SSSR count). The highest BCUT2D eigenvalue weighted by atomic mass is 16.5. The van der Waals surface area contributed by atoms with Crippen molar-refractivity contribution in [3.8, 4) is 16.9 Å². The Morgan fingerprint density at radius 2 is 1.86 bits per heavy atom. The van der Waals surface area contributed by atoms with E-state index in [1.807, 2.05) is 0 Å². The number of fused-ring (bicyclic) bond motifs is 2. The smallest absolute Gasteiger partial charge is 0.126 e. The average molecular weight is 293 g/mol. The lowest BCUT2D eigenvalue weighted by Crippen LogP contribution is -2.42. The van der Waals surface area contributed by atoms with E-state index in [1.54, 1.807) is 12.7 Å². The molecule has 0 saturated carbocycles. The van der Waals surface area contributed by atoms with Crippen LogP contribution in [0.25, 0.3) is 11.1 Å². The zero-order valence-corrected chi connectivity index (χ0v) is 13.6. The van der Waals surface area contributed by atoms with Gasteiger partial charge in [-0.15, -0.1) is 0 Å². The fourth-order valence-corrected chi connectivity index (χ4v) is 4.28. The first-order chi connectivity index (χ1) is 10.7. The largest absolute Gasteiger partial charge is 0.496 e. The summed E-state index contributed by atoms with van der Waals surface area (Å²) in [5.41, 5.74) is 7.17. The second kappa shape index (κ2) is 5.13. The number of benzene rings is 2. The quantitative estimate of drug-likeness (QED) is 0.821. The Bertz CT molecular complexity index is 720. The minimum atomic E-state index is 0.513. The van der Waals surface area contributed by atoms with Crippen LogP contribution in [-0.2, 0) is 12.8 Å². The van der Waals surface area contributed by atoms with Gasteiger partial charge in [0.1, 0.15) is 5.75 Å². The van der Waals surface area contributed by atoms with Gasteiger partial charge in [-0.2, -0.15) is 0 Å². The van der Waals surface area contributed by atoms with Gasteiger partial charge in [0.2, 0.25) is 0 Å². The van der Waals surface area contributed by atoms with E-state index in [1.165, 1.54) is 22.3 Å². The molecule has 1 atom stereocenters. The molecule has 0 spiro atoms. The molecule has 0 amide bonds. The highest BCUT2D eigenvalue weighted by Crippen LogP contribution is 2.48. The summed E-state index contributed by atoms with van der Waals surface area (Å²) in [6, 6.07) is 14.4. The van der Waals surface area contributed by atoms with E-state index in [2.05, 4.69) is 55.1 Å². The van der Waals surface area contributed by atoms with E-state index in [9.17, 15) is 0 Å². The third-order valence-corrected chi connectivity index (χ3v) is 5.25. The summed E-state index contributed by atoms with van der Waals surface area (Å²) in [6.45, 7) is 5.79. The Hall–Kier alpha value is -1.80. The lowest BCUT2D eigenvalue weighted by molar-refractivity contribution is 0.141. The second-order valence-corrected chi connectivity index (χ2v) is 6.67. The third kappa shape index (κ3) is 1.90. The minimum Gasteiger partial charge on any atom is -0.496 e. The summed E-state index contributed by atoms with van der Waals surface area (Å²) in [5, 5.41) is 0. The molecule has 0 fully saturated rings. The fraction of sp³-hybridized carbons (Fsp3) is 0.400. The van der Waals surface area contributed by atoms with Crippen LogP contribution in [0, 0.1) is 0 Å². The van der Waals surface area contributed by atoms with Crippen molar-refractivity contribution in [2.45, 2.75) is 38.8 Å². The van der Waals surface area contributed by atoms with Crippen molar-refractivity contribution < 1.29 is 4.74 Å². The number of nitrogens with zero attached hydrogens (tertiary/aromatic N) is 1. The summed E-state index contributed by atoms with van der Waals surface area (Å²) in [7, 11) is 1.78. The molecule has 0 aromatic heterocycles. The molecule has 2 heteroatoms. The maximum atomic E-state index is 5.66. The van der Waals surface area contributed by atoms with Gasteiger partial charge in [0.25, 0.3) is 0 Å². The first-order valence-corrected chi connectivity index (χ1v) is 8.24. The highest BCUT2D eigenvalue weighted by molar-refractivity contribution is 5.80. The van der Waals surface area contributed by atoms with Crippen LogP contribution in [0.2, 0.25) is 0 Å². The molecule has 2 aliphatic rings. The molecular weight excluding hydrogens is 270 g/mol. The van der Waals surface area contributed by atoms with Gasteiger partial charge in [0.05, 0.1) is 7.11 Å². The highest BCUT2D eigenvalue weighted by Gasteiger charge is 2.35. The Labute approximate surface area is 132 Å². The van der Waals surface area contributed by atoms with Gasteiger partial charge in [-0.05, 0) is 55.0 Å². The number of hydrogen-bond acceptors (Lipinski definition) is 2. The maximum absolute atomic E-state index is 5.66. The molecule has 0 N–H and O–H groups in total. The fourth-order valence-electron chi connectivity index (χ4n) is 4.28. The van der Waals surface area contributed by atoms with Crippen LogP contribution in [0.15, 0.2) is 36.4 Å². The maximum Gasteiger partial charge on any atom is 0.126 e. The molecule has 1 aliphatic carbocycles. The van der Waals surface area contributed by atoms with Gasteiger partial charge in [0.15, 0.2) is 0 Å². The molecule has 0 bridgehead atoms. The van der Waals surface area contributed by atoms with Gasteiger partial charge in [-0.25, -0.2) is 0 Å². The van der Waals surface area contributed by atoms with Crippen molar-refractivity contribution in [1.82, 2.24) is 4.90 Å². The predicted octanol–water partition coefficient (Wildman–Crippen LogP) is 4.23. The van der Waals surface area contributed by atoms with Crippen molar-refractivity contribution in [3.63, 3.8) is 0 Å². The molecule has 2 nitrogen and oxygen atoms in total. The van der Waals surface area contributed by atoms with E-state index in [-0.39, 0.29) is 0 Å². The van der Waals surface area contributed by atoms with Crippen molar-refractivity contribution >= 4 is 0 Å². The topological polar surface area (TPSA) is 12.5 Å². The van der Waals surface area contributed by atoms with E-state index >= 15 is 0 Å². The van der Waals surface area contributed by atoms with Crippen LogP contribution in [0.4, 0.5) is 0 Å². The molecule has 1 aliphatic heterocycles. The van der Waals surface area contributed by atoms with E-state index in [0.717, 1.165) is 25.1 Å². The van der Waals surface area contributed by atoms with Crippen LogP contribution in [0.5, 0.6) is 5.75 Å². The van der Waals surface area contributed by atoms with E-state index in [4.69, 9.17) is 4.74 Å². The molecule has 114 valence electrons. The van der Waals surface area contributed by atoms with Crippen LogP contribution in [-0.4, -0.2) is 24.6 Å². The van der Waals surface area contributed by atoms with Crippen LogP contribution in [0.1, 0.15) is 36.6 Å². The molecule has 22 heavy (non-hydrogen) atoms.